The van der Waals surface area contributed by atoms with Crippen molar-refractivity contribution in [2.75, 3.05) is 17.3 Å². The van der Waals surface area contributed by atoms with Gasteiger partial charge in [0, 0.05) is 13.1 Å². The second-order valence-electron chi connectivity index (χ2n) is 6.86. The molecule has 4 aromatic rings. The Bertz CT molecular complexity index is 1360. The topological polar surface area (TPSA) is 64.9 Å². The minimum absolute atomic E-state index is 0.0430. The van der Waals surface area contributed by atoms with Crippen molar-refractivity contribution >= 4 is 34.5 Å². The molecule has 6 nitrogen and oxygen atoms in total. The van der Waals surface area contributed by atoms with Gasteiger partial charge in [-0.1, -0.05) is 24.3 Å². The molecule has 3 aromatic carbocycles. The molecule has 1 amide bonds. The second-order valence-corrected chi connectivity index (χ2v) is 6.86. The van der Waals surface area contributed by atoms with Gasteiger partial charge in [0.05, 0.1) is 24.1 Å². The Morgan fingerprint density at radius 1 is 1.10 bits per heavy atom. The number of hydrogen-bond donors (Lipinski definition) is 1. The molecule has 0 unspecified atom stereocenters. The van der Waals surface area contributed by atoms with Crippen LogP contribution in [0.2, 0.25) is 0 Å². The average molecular weight is 418 g/mol. The number of benzene rings is 3. The van der Waals surface area contributed by atoms with Crippen molar-refractivity contribution in [1.29, 1.82) is 5.26 Å². The lowest BCUT2D eigenvalue weighted by molar-refractivity contribution is -0.645. The Balaban J connectivity index is 2.03. The van der Waals surface area contributed by atoms with Crippen LogP contribution < -0.4 is 14.8 Å². The predicted molar refractivity (Wildman–Crippen MR) is 113 cm³/mol. The van der Waals surface area contributed by atoms with Crippen LogP contribution in [0.3, 0.4) is 0 Å². The first-order chi connectivity index (χ1) is 15.0. The van der Waals surface area contributed by atoms with Gasteiger partial charge in [0.2, 0.25) is 12.7 Å². The summed E-state index contributed by atoms with van der Waals surface area (Å²) in [5.41, 5.74) is 1.38. The number of imidazole rings is 1. The summed E-state index contributed by atoms with van der Waals surface area (Å²) in [4.78, 5) is 13.1. The van der Waals surface area contributed by atoms with Crippen LogP contribution in [0.25, 0.3) is 16.7 Å². The molecule has 0 aliphatic rings. The number of aryl methyl sites for hydroxylation is 1. The SMILES string of the molecule is CNc1ccccc1N(C=O)c1cc(-n2c[n+](C)c3ccccc32)c(F)c(C#N)c1F. The highest BCUT2D eigenvalue weighted by Crippen LogP contribution is 2.36. The van der Waals surface area contributed by atoms with Crippen molar-refractivity contribution in [3.63, 3.8) is 0 Å². The van der Waals surface area contributed by atoms with Gasteiger partial charge in [-0.3, -0.25) is 9.69 Å². The molecule has 0 bridgehead atoms. The van der Waals surface area contributed by atoms with Crippen LogP contribution in [-0.2, 0) is 11.8 Å². The third-order valence-corrected chi connectivity index (χ3v) is 5.14. The molecule has 0 saturated heterocycles. The highest BCUT2D eigenvalue weighted by molar-refractivity contribution is 5.93. The molecule has 1 aromatic heterocycles. The number of amides is 1. The van der Waals surface area contributed by atoms with Crippen LogP contribution in [0.1, 0.15) is 5.56 Å². The Kier molecular flexibility index (Phi) is 5.09. The Morgan fingerprint density at radius 2 is 1.81 bits per heavy atom. The van der Waals surface area contributed by atoms with Gasteiger partial charge in [-0.15, -0.1) is 0 Å². The normalized spacial score (nSPS) is 10.7. The summed E-state index contributed by atoms with van der Waals surface area (Å²) in [6.45, 7) is 0. The molecule has 154 valence electrons. The highest BCUT2D eigenvalue weighted by atomic mass is 19.1. The van der Waals surface area contributed by atoms with Gasteiger partial charge in [0.1, 0.15) is 11.6 Å². The summed E-state index contributed by atoms with van der Waals surface area (Å²) in [5, 5.41) is 12.4. The standard InChI is InChI=1S/C23H18F2N5O/c1-27-16-7-3-4-8-17(16)30(14-31)21-11-20(22(24)15(12-26)23(21)25)29-13-28(2)18-9-5-6-10-19(18)29/h3-11,13-14,27H,1-2H3/q+1. The number of nitrogens with one attached hydrogen (secondary N) is 1. The minimum Gasteiger partial charge on any atom is -0.386 e. The minimum atomic E-state index is -1.11. The van der Waals surface area contributed by atoms with Crippen LogP contribution in [0.4, 0.5) is 25.8 Å². The first-order valence-corrected chi connectivity index (χ1v) is 9.41. The van der Waals surface area contributed by atoms with Crippen molar-refractivity contribution in [1.82, 2.24) is 4.57 Å². The summed E-state index contributed by atoms with van der Waals surface area (Å²) in [7, 11) is 3.47. The van der Waals surface area contributed by atoms with Crippen molar-refractivity contribution in [3.05, 3.63) is 78.1 Å². The molecule has 8 heteroatoms. The number of nitriles is 1. The zero-order chi connectivity index (χ0) is 22.1. The van der Waals surface area contributed by atoms with E-state index in [1.165, 1.54) is 10.6 Å². The molecule has 1 N–H and O–H groups in total. The number of halogens is 2. The van der Waals surface area contributed by atoms with E-state index in [4.69, 9.17) is 0 Å². The summed E-state index contributed by atoms with van der Waals surface area (Å²) in [5.74, 6) is -2.11. The van der Waals surface area contributed by atoms with Gasteiger partial charge in [0.25, 0.3) is 0 Å². The maximum absolute atomic E-state index is 15.2. The largest absolute Gasteiger partial charge is 0.386 e. The Labute approximate surface area is 177 Å². The van der Waals surface area contributed by atoms with E-state index in [1.54, 1.807) is 67.5 Å². The van der Waals surface area contributed by atoms with Gasteiger partial charge < -0.3 is 5.32 Å². The van der Waals surface area contributed by atoms with Crippen LogP contribution in [0.5, 0.6) is 0 Å². The fourth-order valence-corrected chi connectivity index (χ4v) is 3.65. The number of fused-ring (bicyclic) bond motifs is 1. The van der Waals surface area contributed by atoms with E-state index < -0.39 is 17.2 Å². The number of carbonyl (C=O) groups excluding carboxylic acids is 1. The zero-order valence-corrected chi connectivity index (χ0v) is 16.8. The lowest BCUT2D eigenvalue weighted by Crippen LogP contribution is -2.25. The maximum atomic E-state index is 15.2. The van der Waals surface area contributed by atoms with Crippen molar-refractivity contribution in [2.24, 2.45) is 7.05 Å². The van der Waals surface area contributed by atoms with Crippen LogP contribution in [-0.4, -0.2) is 18.0 Å². The molecule has 0 radical (unpaired) electrons. The smallest absolute Gasteiger partial charge is 0.249 e. The molecular weight excluding hydrogens is 400 g/mol. The van der Waals surface area contributed by atoms with Gasteiger partial charge >= 0.3 is 0 Å². The molecule has 4 rings (SSSR count). The molecule has 1 heterocycles. The van der Waals surface area contributed by atoms with Gasteiger partial charge in [-0.2, -0.15) is 9.83 Å². The zero-order valence-electron chi connectivity index (χ0n) is 16.8. The fraction of sp³-hybridized carbons (Fsp3) is 0.0870. The van der Waals surface area contributed by atoms with Crippen molar-refractivity contribution < 1.29 is 18.1 Å². The summed E-state index contributed by atoms with van der Waals surface area (Å²) in [6, 6.07) is 16.9. The van der Waals surface area contributed by atoms with E-state index in [2.05, 4.69) is 5.32 Å². The lowest BCUT2D eigenvalue weighted by atomic mass is 10.1. The third-order valence-electron chi connectivity index (χ3n) is 5.14. The number of aromatic nitrogens is 2. The van der Waals surface area contributed by atoms with Gasteiger partial charge in [-0.05, 0) is 24.3 Å². The number of carbonyl (C=O) groups is 1. The molecule has 0 aliphatic heterocycles. The molecule has 0 aliphatic carbocycles. The number of anilines is 3. The molecule has 0 fully saturated rings. The van der Waals surface area contributed by atoms with Crippen LogP contribution >= 0.6 is 0 Å². The maximum Gasteiger partial charge on any atom is 0.249 e. The highest BCUT2D eigenvalue weighted by Gasteiger charge is 2.28. The number of hydrogen-bond acceptors (Lipinski definition) is 3. The summed E-state index contributed by atoms with van der Waals surface area (Å²) in [6.07, 6.45) is 2.07. The number of para-hydroxylation sites is 4. The Morgan fingerprint density at radius 3 is 2.52 bits per heavy atom. The van der Waals surface area contributed by atoms with E-state index in [-0.39, 0.29) is 11.4 Å². The third kappa shape index (κ3) is 3.16. The monoisotopic (exact) mass is 418 g/mol. The average Bonchev–Trinajstić information content (AvgIpc) is 3.13. The van der Waals surface area contributed by atoms with Crippen LogP contribution in [0.15, 0.2) is 60.9 Å². The Hall–Kier alpha value is -4.25. The van der Waals surface area contributed by atoms with E-state index in [0.717, 1.165) is 10.4 Å². The molecule has 31 heavy (non-hydrogen) atoms. The number of nitrogens with zero attached hydrogens (tertiary/aromatic N) is 4. The van der Waals surface area contributed by atoms with E-state index in [9.17, 15) is 10.1 Å². The lowest BCUT2D eigenvalue weighted by Gasteiger charge is -2.22. The van der Waals surface area contributed by atoms with E-state index in [0.29, 0.717) is 23.3 Å². The van der Waals surface area contributed by atoms with E-state index in [1.807, 2.05) is 12.1 Å². The molecule has 0 saturated carbocycles. The quantitative estimate of drug-likeness (QED) is 0.394. The fourth-order valence-electron chi connectivity index (χ4n) is 3.65. The second kappa shape index (κ2) is 7.88. The molecule has 0 spiro atoms. The summed E-state index contributed by atoms with van der Waals surface area (Å²) < 4.78 is 33.8. The van der Waals surface area contributed by atoms with Crippen molar-refractivity contribution in [3.8, 4) is 11.8 Å². The number of rotatable bonds is 5. The first kappa shape index (κ1) is 20.0. The summed E-state index contributed by atoms with van der Waals surface area (Å²) >= 11 is 0. The molecule has 0 atom stereocenters. The van der Waals surface area contributed by atoms with E-state index >= 15 is 8.78 Å². The van der Waals surface area contributed by atoms with Crippen molar-refractivity contribution in [2.45, 2.75) is 0 Å². The van der Waals surface area contributed by atoms with Gasteiger partial charge in [-0.25, -0.2) is 13.3 Å². The predicted octanol–water partition coefficient (Wildman–Crippen LogP) is 3.94. The first-order valence-electron chi connectivity index (χ1n) is 9.41. The molecular formula is C23H18F2N5O+. The van der Waals surface area contributed by atoms with Gasteiger partial charge in [0.15, 0.2) is 28.4 Å². The van der Waals surface area contributed by atoms with Crippen LogP contribution in [0, 0.1) is 23.0 Å².